The predicted molar refractivity (Wildman–Crippen MR) is 83.7 cm³/mol. The van der Waals surface area contributed by atoms with Crippen LogP contribution >= 0.6 is 0 Å². The molecule has 0 radical (unpaired) electrons. The summed E-state index contributed by atoms with van der Waals surface area (Å²) in [5, 5.41) is 10.8. The standard InChI is InChI=1S/C15H18N4O3/c1-2-3-6-17-7-9-18(10-8-17)14-5-4-12(19(21)22)11-13(14)15(16)20/h1,4-5,11H,3,6-10H2,(H2,16,20). The van der Waals surface area contributed by atoms with Gasteiger partial charge in [-0.25, -0.2) is 0 Å². The van der Waals surface area contributed by atoms with E-state index in [0.29, 0.717) is 12.1 Å². The number of nitro benzene ring substituents is 1. The number of carbonyl (C=O) groups is 1. The van der Waals surface area contributed by atoms with Crippen molar-refractivity contribution >= 4 is 17.3 Å². The third-order valence-corrected chi connectivity index (χ3v) is 3.74. The lowest BCUT2D eigenvalue weighted by atomic mass is 10.1. The van der Waals surface area contributed by atoms with E-state index in [2.05, 4.69) is 10.8 Å². The molecule has 2 rings (SSSR count). The number of amides is 1. The van der Waals surface area contributed by atoms with Crippen molar-refractivity contribution in [2.75, 3.05) is 37.6 Å². The molecular weight excluding hydrogens is 284 g/mol. The van der Waals surface area contributed by atoms with E-state index in [4.69, 9.17) is 12.2 Å². The highest BCUT2D eigenvalue weighted by molar-refractivity contribution is 5.99. The Morgan fingerprint density at radius 2 is 2.05 bits per heavy atom. The number of terminal acetylenes is 1. The first-order valence-corrected chi connectivity index (χ1v) is 7.02. The Balaban J connectivity index is 2.14. The van der Waals surface area contributed by atoms with E-state index < -0.39 is 10.8 Å². The molecule has 1 amide bonds. The lowest BCUT2D eigenvalue weighted by Crippen LogP contribution is -2.47. The molecule has 1 heterocycles. The first-order valence-electron chi connectivity index (χ1n) is 7.02. The molecule has 1 aliphatic rings. The Labute approximate surface area is 128 Å². The number of nitrogens with two attached hydrogens (primary N) is 1. The van der Waals surface area contributed by atoms with Crippen LogP contribution in [0.1, 0.15) is 16.8 Å². The topological polar surface area (TPSA) is 92.7 Å². The van der Waals surface area contributed by atoms with Gasteiger partial charge in [0.15, 0.2) is 0 Å². The molecule has 0 atom stereocenters. The van der Waals surface area contributed by atoms with Crippen molar-refractivity contribution < 1.29 is 9.72 Å². The van der Waals surface area contributed by atoms with Crippen LogP contribution in [0.25, 0.3) is 0 Å². The van der Waals surface area contributed by atoms with Gasteiger partial charge in [0.1, 0.15) is 0 Å². The molecule has 0 unspecified atom stereocenters. The van der Waals surface area contributed by atoms with E-state index in [1.54, 1.807) is 6.07 Å². The molecule has 0 bridgehead atoms. The maximum Gasteiger partial charge on any atom is 0.270 e. The summed E-state index contributed by atoms with van der Waals surface area (Å²) in [6.07, 6.45) is 5.97. The van der Waals surface area contributed by atoms with Gasteiger partial charge in [0.2, 0.25) is 0 Å². The van der Waals surface area contributed by atoms with Gasteiger partial charge < -0.3 is 10.6 Å². The van der Waals surface area contributed by atoms with Crippen molar-refractivity contribution in [1.29, 1.82) is 0 Å². The average molecular weight is 302 g/mol. The molecule has 7 nitrogen and oxygen atoms in total. The normalized spacial score (nSPS) is 15.3. The van der Waals surface area contributed by atoms with Gasteiger partial charge in [-0.3, -0.25) is 19.8 Å². The maximum atomic E-state index is 11.6. The number of piperazine rings is 1. The maximum absolute atomic E-state index is 11.6. The Hall–Kier alpha value is -2.59. The summed E-state index contributed by atoms with van der Waals surface area (Å²) in [6.45, 7) is 3.96. The van der Waals surface area contributed by atoms with Gasteiger partial charge in [-0.05, 0) is 6.07 Å². The molecule has 1 aliphatic heterocycles. The number of nitrogens with zero attached hydrogens (tertiary/aromatic N) is 3. The summed E-state index contributed by atoms with van der Waals surface area (Å²) < 4.78 is 0. The molecule has 0 aliphatic carbocycles. The molecule has 22 heavy (non-hydrogen) atoms. The molecule has 1 aromatic rings. The average Bonchev–Trinajstić information content (AvgIpc) is 2.52. The van der Waals surface area contributed by atoms with Crippen LogP contribution < -0.4 is 10.6 Å². The zero-order valence-electron chi connectivity index (χ0n) is 12.2. The summed E-state index contributed by atoms with van der Waals surface area (Å²) >= 11 is 0. The van der Waals surface area contributed by atoms with Crippen LogP contribution in [0.4, 0.5) is 11.4 Å². The van der Waals surface area contributed by atoms with Crippen LogP contribution in [0.3, 0.4) is 0 Å². The minimum Gasteiger partial charge on any atom is -0.368 e. The first kappa shape index (κ1) is 15.8. The summed E-state index contributed by atoms with van der Waals surface area (Å²) in [5.41, 5.74) is 6.06. The van der Waals surface area contributed by atoms with Gasteiger partial charge in [0.25, 0.3) is 11.6 Å². The van der Waals surface area contributed by atoms with Crippen LogP contribution in [-0.4, -0.2) is 48.5 Å². The summed E-state index contributed by atoms with van der Waals surface area (Å²) in [6, 6.07) is 4.23. The molecule has 1 fully saturated rings. The summed E-state index contributed by atoms with van der Waals surface area (Å²) in [7, 11) is 0. The molecule has 0 spiro atoms. The molecule has 2 N–H and O–H groups in total. The van der Waals surface area contributed by atoms with Crippen LogP contribution in [0, 0.1) is 22.5 Å². The summed E-state index contributed by atoms with van der Waals surface area (Å²) in [5.74, 6) is 1.96. The second-order valence-corrected chi connectivity index (χ2v) is 5.11. The smallest absolute Gasteiger partial charge is 0.270 e. The third-order valence-electron chi connectivity index (χ3n) is 3.74. The van der Waals surface area contributed by atoms with Gasteiger partial charge in [0.05, 0.1) is 16.2 Å². The third kappa shape index (κ3) is 3.54. The molecule has 1 saturated heterocycles. The molecular formula is C15H18N4O3. The number of nitro groups is 1. The van der Waals surface area contributed by atoms with Crippen molar-refractivity contribution in [3.05, 3.63) is 33.9 Å². The second kappa shape index (κ2) is 6.91. The monoisotopic (exact) mass is 302 g/mol. The van der Waals surface area contributed by atoms with Crippen LogP contribution in [-0.2, 0) is 0 Å². The predicted octanol–water partition coefficient (Wildman–Crippen LogP) is 0.839. The van der Waals surface area contributed by atoms with Crippen molar-refractivity contribution in [2.24, 2.45) is 5.73 Å². The minimum atomic E-state index is -0.659. The van der Waals surface area contributed by atoms with Gasteiger partial charge in [-0.15, -0.1) is 12.3 Å². The fourth-order valence-electron chi connectivity index (χ4n) is 2.55. The second-order valence-electron chi connectivity index (χ2n) is 5.11. The van der Waals surface area contributed by atoms with E-state index in [-0.39, 0.29) is 11.3 Å². The zero-order chi connectivity index (χ0) is 16.1. The Bertz CT molecular complexity index is 616. The summed E-state index contributed by atoms with van der Waals surface area (Å²) in [4.78, 5) is 26.2. The van der Waals surface area contributed by atoms with E-state index in [1.165, 1.54) is 12.1 Å². The number of non-ortho nitro benzene ring substituents is 1. The van der Waals surface area contributed by atoms with Crippen molar-refractivity contribution in [2.45, 2.75) is 6.42 Å². The quantitative estimate of drug-likeness (QED) is 0.494. The SMILES string of the molecule is C#CCCN1CCN(c2ccc([N+](=O)[O-])cc2C(N)=O)CC1. The number of hydrogen-bond donors (Lipinski definition) is 1. The van der Waals surface area contributed by atoms with Gasteiger partial charge >= 0.3 is 0 Å². The Morgan fingerprint density at radius 1 is 1.36 bits per heavy atom. The number of rotatable bonds is 5. The number of benzene rings is 1. The number of primary amides is 1. The molecule has 7 heteroatoms. The number of carbonyl (C=O) groups excluding carboxylic acids is 1. The van der Waals surface area contributed by atoms with Gasteiger partial charge in [0, 0.05) is 51.3 Å². The van der Waals surface area contributed by atoms with Crippen molar-refractivity contribution in [1.82, 2.24) is 4.90 Å². The lowest BCUT2D eigenvalue weighted by molar-refractivity contribution is -0.384. The highest BCUT2D eigenvalue weighted by atomic mass is 16.6. The zero-order valence-corrected chi connectivity index (χ0v) is 12.2. The highest BCUT2D eigenvalue weighted by Crippen LogP contribution is 2.26. The fraction of sp³-hybridized carbons (Fsp3) is 0.400. The van der Waals surface area contributed by atoms with E-state index in [1.807, 2.05) is 4.90 Å². The van der Waals surface area contributed by atoms with Crippen LogP contribution in [0.2, 0.25) is 0 Å². The van der Waals surface area contributed by atoms with E-state index in [0.717, 1.165) is 32.7 Å². The number of hydrogen-bond acceptors (Lipinski definition) is 5. The largest absolute Gasteiger partial charge is 0.368 e. The van der Waals surface area contributed by atoms with Gasteiger partial charge in [-0.1, -0.05) is 0 Å². The van der Waals surface area contributed by atoms with E-state index in [9.17, 15) is 14.9 Å². The fourth-order valence-corrected chi connectivity index (χ4v) is 2.55. The lowest BCUT2D eigenvalue weighted by Gasteiger charge is -2.36. The molecule has 116 valence electrons. The molecule has 0 aromatic heterocycles. The van der Waals surface area contributed by atoms with Crippen molar-refractivity contribution in [3.63, 3.8) is 0 Å². The van der Waals surface area contributed by atoms with Crippen molar-refractivity contribution in [3.8, 4) is 12.3 Å². The molecule has 0 saturated carbocycles. The number of anilines is 1. The first-order chi connectivity index (χ1) is 10.5. The van der Waals surface area contributed by atoms with E-state index >= 15 is 0 Å². The Kier molecular flexibility index (Phi) is 4.96. The highest BCUT2D eigenvalue weighted by Gasteiger charge is 2.22. The molecule has 1 aromatic carbocycles. The van der Waals surface area contributed by atoms with Crippen LogP contribution in [0.5, 0.6) is 0 Å². The van der Waals surface area contributed by atoms with Gasteiger partial charge in [-0.2, -0.15) is 0 Å². The van der Waals surface area contributed by atoms with Crippen LogP contribution in [0.15, 0.2) is 18.2 Å². The minimum absolute atomic E-state index is 0.134. The Morgan fingerprint density at radius 3 is 2.59 bits per heavy atom.